The Kier molecular flexibility index (Phi) is 3.44. The van der Waals surface area contributed by atoms with Crippen LogP contribution in [0.5, 0.6) is 11.5 Å². The molecular formula is C15H18N4O3. The fourth-order valence-corrected chi connectivity index (χ4v) is 2.82. The molecule has 0 amide bonds. The molecule has 1 aromatic carbocycles. The van der Waals surface area contributed by atoms with Gasteiger partial charge in [-0.15, -0.1) is 0 Å². The van der Waals surface area contributed by atoms with Crippen LogP contribution in [-0.4, -0.2) is 54.9 Å². The predicted octanol–water partition coefficient (Wildman–Crippen LogP) is 1.08. The van der Waals surface area contributed by atoms with Gasteiger partial charge in [-0.2, -0.15) is 4.98 Å². The van der Waals surface area contributed by atoms with Gasteiger partial charge >= 0.3 is 0 Å². The van der Waals surface area contributed by atoms with Gasteiger partial charge in [-0.25, -0.2) is 0 Å². The van der Waals surface area contributed by atoms with Crippen LogP contribution in [0.3, 0.4) is 0 Å². The van der Waals surface area contributed by atoms with Gasteiger partial charge in [0.15, 0.2) is 17.3 Å². The van der Waals surface area contributed by atoms with E-state index in [1.165, 1.54) is 0 Å². The van der Waals surface area contributed by atoms with E-state index in [4.69, 9.17) is 14.0 Å². The Morgan fingerprint density at radius 2 is 2.18 bits per heavy atom. The average Bonchev–Trinajstić information content (AvgIpc) is 3.04. The molecule has 2 aromatic rings. The van der Waals surface area contributed by atoms with Crippen LogP contribution in [-0.2, 0) is 0 Å². The first-order chi connectivity index (χ1) is 10.8. The van der Waals surface area contributed by atoms with E-state index < -0.39 is 0 Å². The van der Waals surface area contributed by atoms with Crippen LogP contribution in [0.4, 0.5) is 0 Å². The van der Waals surface area contributed by atoms with E-state index in [-0.39, 0.29) is 6.04 Å². The standard InChI is InChI=1S/C15H18N4O3/c1-19-6-5-16-9-11(19)14-17-15(22-18-14)10-3-2-4-12-13(10)21-8-7-20-12/h2-4,11,16H,5-9H2,1H3. The zero-order valence-corrected chi connectivity index (χ0v) is 12.4. The summed E-state index contributed by atoms with van der Waals surface area (Å²) in [6.07, 6.45) is 0. The first-order valence-electron chi connectivity index (χ1n) is 7.46. The van der Waals surface area contributed by atoms with Crippen molar-refractivity contribution >= 4 is 0 Å². The van der Waals surface area contributed by atoms with Crippen molar-refractivity contribution in [3.05, 3.63) is 24.0 Å². The van der Waals surface area contributed by atoms with Crippen molar-refractivity contribution in [3.8, 4) is 23.0 Å². The first-order valence-corrected chi connectivity index (χ1v) is 7.46. The average molecular weight is 302 g/mol. The normalized spacial score (nSPS) is 21.8. The second kappa shape index (κ2) is 5.58. The minimum absolute atomic E-state index is 0.128. The lowest BCUT2D eigenvalue weighted by Gasteiger charge is -2.30. The maximum absolute atomic E-state index is 5.71. The molecule has 4 rings (SSSR count). The SMILES string of the molecule is CN1CCNCC1c1noc(-c2cccc3c2OCCO3)n1. The van der Waals surface area contributed by atoms with Gasteiger partial charge in [0.05, 0.1) is 11.6 Å². The lowest BCUT2D eigenvalue weighted by molar-refractivity contribution is 0.172. The molecule has 2 aliphatic rings. The van der Waals surface area contributed by atoms with Crippen molar-refractivity contribution in [1.82, 2.24) is 20.4 Å². The number of likely N-dealkylation sites (N-methyl/N-ethyl adjacent to an activating group) is 1. The van der Waals surface area contributed by atoms with E-state index in [9.17, 15) is 0 Å². The molecule has 1 atom stereocenters. The minimum atomic E-state index is 0.128. The summed E-state index contributed by atoms with van der Waals surface area (Å²) in [5, 5.41) is 7.51. The number of nitrogens with zero attached hydrogens (tertiary/aromatic N) is 3. The molecule has 1 N–H and O–H groups in total. The second-order valence-corrected chi connectivity index (χ2v) is 5.49. The van der Waals surface area contributed by atoms with Crippen LogP contribution in [0, 0.1) is 0 Å². The molecule has 1 unspecified atom stereocenters. The van der Waals surface area contributed by atoms with Crippen LogP contribution < -0.4 is 14.8 Å². The van der Waals surface area contributed by atoms with E-state index >= 15 is 0 Å². The van der Waals surface area contributed by atoms with Crippen molar-refractivity contribution in [3.63, 3.8) is 0 Å². The van der Waals surface area contributed by atoms with Crippen LogP contribution in [0.25, 0.3) is 11.5 Å². The fraction of sp³-hybridized carbons (Fsp3) is 0.467. The van der Waals surface area contributed by atoms with E-state index in [1.807, 2.05) is 18.2 Å². The molecule has 1 fully saturated rings. The summed E-state index contributed by atoms with van der Waals surface area (Å²) in [6.45, 7) is 3.85. The third kappa shape index (κ3) is 2.32. The molecule has 7 nitrogen and oxygen atoms in total. The van der Waals surface area contributed by atoms with Gasteiger partial charge in [-0.3, -0.25) is 4.90 Å². The van der Waals surface area contributed by atoms with Crippen molar-refractivity contribution in [2.75, 3.05) is 39.9 Å². The molecule has 0 bridgehead atoms. The summed E-state index contributed by atoms with van der Waals surface area (Å²) in [6, 6.07) is 5.82. The Balaban J connectivity index is 1.67. The van der Waals surface area contributed by atoms with E-state index in [1.54, 1.807) is 0 Å². The fourth-order valence-electron chi connectivity index (χ4n) is 2.82. The van der Waals surface area contributed by atoms with Gasteiger partial charge < -0.3 is 19.3 Å². The molecule has 116 valence electrons. The van der Waals surface area contributed by atoms with E-state index in [2.05, 4.69) is 27.4 Å². The Morgan fingerprint density at radius 3 is 3.09 bits per heavy atom. The van der Waals surface area contributed by atoms with Crippen LogP contribution in [0.15, 0.2) is 22.7 Å². The van der Waals surface area contributed by atoms with Gasteiger partial charge in [-0.1, -0.05) is 11.2 Å². The van der Waals surface area contributed by atoms with Gasteiger partial charge in [0.25, 0.3) is 5.89 Å². The summed E-state index contributed by atoms with van der Waals surface area (Å²) >= 11 is 0. The maximum Gasteiger partial charge on any atom is 0.261 e. The van der Waals surface area contributed by atoms with Crippen molar-refractivity contribution in [2.45, 2.75) is 6.04 Å². The number of hydrogen-bond donors (Lipinski definition) is 1. The summed E-state index contributed by atoms with van der Waals surface area (Å²) in [7, 11) is 2.07. The van der Waals surface area contributed by atoms with Gasteiger partial charge in [0.2, 0.25) is 0 Å². The summed E-state index contributed by atoms with van der Waals surface area (Å²) < 4.78 is 16.8. The highest BCUT2D eigenvalue weighted by Crippen LogP contribution is 2.39. The number of hydrogen-bond acceptors (Lipinski definition) is 7. The molecule has 22 heavy (non-hydrogen) atoms. The first kappa shape index (κ1) is 13.5. The number of para-hydroxylation sites is 1. The molecule has 3 heterocycles. The summed E-state index contributed by atoms with van der Waals surface area (Å²) in [4.78, 5) is 6.80. The van der Waals surface area contributed by atoms with Gasteiger partial charge in [0, 0.05) is 19.6 Å². The molecule has 1 aromatic heterocycles. The van der Waals surface area contributed by atoms with Gasteiger partial charge in [0.1, 0.15) is 13.2 Å². The molecule has 0 spiro atoms. The number of fused-ring (bicyclic) bond motifs is 1. The second-order valence-electron chi connectivity index (χ2n) is 5.49. The number of rotatable bonds is 2. The summed E-state index contributed by atoms with van der Waals surface area (Å²) in [5.74, 6) is 2.56. The third-order valence-electron chi connectivity index (χ3n) is 4.05. The van der Waals surface area contributed by atoms with Crippen molar-refractivity contribution < 1.29 is 14.0 Å². The molecule has 7 heteroatoms. The zero-order chi connectivity index (χ0) is 14.9. The highest BCUT2D eigenvalue weighted by molar-refractivity contribution is 5.67. The lowest BCUT2D eigenvalue weighted by atomic mass is 10.1. The van der Waals surface area contributed by atoms with E-state index in [0.717, 1.165) is 30.9 Å². The van der Waals surface area contributed by atoms with Crippen LogP contribution in [0.1, 0.15) is 11.9 Å². The number of ether oxygens (including phenoxy) is 2. The number of benzene rings is 1. The quantitative estimate of drug-likeness (QED) is 0.890. The number of aromatic nitrogens is 2. The molecular weight excluding hydrogens is 284 g/mol. The van der Waals surface area contributed by atoms with Crippen molar-refractivity contribution in [2.24, 2.45) is 0 Å². The predicted molar refractivity (Wildman–Crippen MR) is 79.0 cm³/mol. The minimum Gasteiger partial charge on any atom is -0.486 e. The van der Waals surface area contributed by atoms with Crippen LogP contribution in [0.2, 0.25) is 0 Å². The molecule has 0 radical (unpaired) electrons. The Morgan fingerprint density at radius 1 is 1.27 bits per heavy atom. The Bertz CT molecular complexity index is 673. The summed E-state index contributed by atoms with van der Waals surface area (Å²) in [5.41, 5.74) is 0.780. The number of piperazine rings is 1. The highest BCUT2D eigenvalue weighted by atomic mass is 16.6. The zero-order valence-electron chi connectivity index (χ0n) is 12.4. The maximum atomic E-state index is 5.71. The van der Waals surface area contributed by atoms with Gasteiger partial charge in [-0.05, 0) is 19.2 Å². The molecule has 0 aliphatic carbocycles. The lowest BCUT2D eigenvalue weighted by Crippen LogP contribution is -2.44. The number of nitrogens with one attached hydrogen (secondary N) is 1. The molecule has 1 saturated heterocycles. The largest absolute Gasteiger partial charge is 0.486 e. The van der Waals surface area contributed by atoms with Crippen LogP contribution >= 0.6 is 0 Å². The Labute approximate surface area is 128 Å². The third-order valence-corrected chi connectivity index (χ3v) is 4.05. The van der Waals surface area contributed by atoms with Crippen molar-refractivity contribution in [1.29, 1.82) is 0 Å². The Hall–Kier alpha value is -2.12. The highest BCUT2D eigenvalue weighted by Gasteiger charge is 2.27. The van der Waals surface area contributed by atoms with E-state index in [0.29, 0.717) is 30.7 Å². The topological polar surface area (TPSA) is 72.7 Å². The molecule has 2 aliphatic heterocycles. The monoisotopic (exact) mass is 302 g/mol. The smallest absolute Gasteiger partial charge is 0.261 e. The molecule has 0 saturated carbocycles.